The Bertz CT molecular complexity index is 300. The van der Waals surface area contributed by atoms with Crippen molar-refractivity contribution in [2.24, 2.45) is 0 Å². The zero-order valence-corrected chi connectivity index (χ0v) is 7.21. The van der Waals surface area contributed by atoms with Crippen molar-refractivity contribution in [1.82, 2.24) is 0 Å². The molecule has 12 heavy (non-hydrogen) atoms. The molecule has 0 N–H and O–H groups in total. The Balaban J connectivity index is 2.61. The van der Waals surface area contributed by atoms with Gasteiger partial charge >= 0.3 is 0 Å². The number of terminal acetylenes is 1. The zero-order valence-electron chi connectivity index (χ0n) is 6.40. The van der Waals surface area contributed by atoms with Gasteiger partial charge in [0.2, 0.25) is 0 Å². The Kier molecular flexibility index (Phi) is 3.52. The number of benzene rings is 1. The van der Waals surface area contributed by atoms with Gasteiger partial charge < -0.3 is 0 Å². The highest BCUT2D eigenvalue weighted by Crippen LogP contribution is 2.05. The first-order chi connectivity index (χ1) is 5.84. The van der Waals surface area contributed by atoms with Gasteiger partial charge in [0.05, 0.1) is 4.90 Å². The highest BCUT2D eigenvalue weighted by molar-refractivity contribution is 7.80. The van der Waals surface area contributed by atoms with E-state index in [0.29, 0.717) is 4.90 Å². The minimum Gasteiger partial charge on any atom is -0.274 e. The third-order valence-corrected chi connectivity index (χ3v) is 2.17. The summed E-state index contributed by atoms with van der Waals surface area (Å²) >= 11 is -1.43. The maximum Gasteiger partial charge on any atom is 0.190 e. The molecule has 0 saturated carbocycles. The first-order valence-corrected chi connectivity index (χ1v) is 4.45. The lowest BCUT2D eigenvalue weighted by Gasteiger charge is -1.98. The standard InChI is InChI=1S/C9H8O2S/c1-2-8-11-12(10)9-6-4-3-5-7-9/h1,3-7H,8H2. The summed E-state index contributed by atoms with van der Waals surface area (Å²) < 4.78 is 16.0. The van der Waals surface area contributed by atoms with Crippen LogP contribution in [0.15, 0.2) is 35.2 Å². The molecule has 0 aliphatic rings. The van der Waals surface area contributed by atoms with Crippen LogP contribution in [-0.4, -0.2) is 10.8 Å². The van der Waals surface area contributed by atoms with E-state index in [9.17, 15) is 4.21 Å². The van der Waals surface area contributed by atoms with E-state index in [-0.39, 0.29) is 6.61 Å². The van der Waals surface area contributed by atoms with Crippen LogP contribution in [0.4, 0.5) is 0 Å². The largest absolute Gasteiger partial charge is 0.274 e. The molecule has 0 spiro atoms. The second-order valence-electron chi connectivity index (χ2n) is 2.01. The van der Waals surface area contributed by atoms with Gasteiger partial charge in [0, 0.05) is 0 Å². The molecule has 0 fully saturated rings. The Labute approximate surface area is 74.2 Å². The highest BCUT2D eigenvalue weighted by Gasteiger charge is 2.00. The smallest absolute Gasteiger partial charge is 0.190 e. The van der Waals surface area contributed by atoms with E-state index in [1.807, 2.05) is 6.07 Å². The van der Waals surface area contributed by atoms with Crippen LogP contribution in [0.5, 0.6) is 0 Å². The summed E-state index contributed by atoms with van der Waals surface area (Å²) in [5.41, 5.74) is 0. The fourth-order valence-corrected chi connectivity index (χ4v) is 1.38. The summed E-state index contributed by atoms with van der Waals surface area (Å²) in [4.78, 5) is 0.632. The highest BCUT2D eigenvalue weighted by atomic mass is 32.2. The summed E-state index contributed by atoms with van der Waals surface area (Å²) in [5, 5.41) is 0. The molecular weight excluding hydrogens is 172 g/mol. The maximum absolute atomic E-state index is 11.2. The van der Waals surface area contributed by atoms with E-state index in [1.54, 1.807) is 24.3 Å². The van der Waals surface area contributed by atoms with Crippen LogP contribution in [-0.2, 0) is 15.3 Å². The molecule has 0 heterocycles. The molecule has 62 valence electrons. The second kappa shape index (κ2) is 4.70. The predicted molar refractivity (Wildman–Crippen MR) is 47.6 cm³/mol. The molecule has 0 amide bonds. The normalized spacial score (nSPS) is 11.9. The molecule has 0 aliphatic carbocycles. The van der Waals surface area contributed by atoms with Crippen LogP contribution in [0.2, 0.25) is 0 Å². The Morgan fingerprint density at radius 2 is 2.08 bits per heavy atom. The molecular formula is C9H8O2S. The van der Waals surface area contributed by atoms with Gasteiger partial charge in [0.1, 0.15) is 6.61 Å². The minimum absolute atomic E-state index is 0.0709. The van der Waals surface area contributed by atoms with Gasteiger partial charge in [-0.05, 0) is 12.1 Å². The monoisotopic (exact) mass is 180 g/mol. The van der Waals surface area contributed by atoms with Crippen molar-refractivity contribution in [2.45, 2.75) is 4.90 Å². The van der Waals surface area contributed by atoms with Gasteiger partial charge in [-0.1, -0.05) is 24.1 Å². The molecule has 0 aromatic heterocycles. The van der Waals surface area contributed by atoms with Gasteiger partial charge in [-0.15, -0.1) is 6.42 Å². The Hall–Kier alpha value is -1.11. The minimum atomic E-state index is -1.43. The van der Waals surface area contributed by atoms with Crippen LogP contribution in [0, 0.1) is 12.3 Å². The van der Waals surface area contributed by atoms with Crippen LogP contribution in [0.3, 0.4) is 0 Å². The molecule has 1 unspecified atom stereocenters. The fraction of sp³-hybridized carbons (Fsp3) is 0.111. The third kappa shape index (κ3) is 2.50. The van der Waals surface area contributed by atoms with Crippen molar-refractivity contribution in [1.29, 1.82) is 0 Å². The van der Waals surface area contributed by atoms with Crippen LogP contribution >= 0.6 is 0 Å². The molecule has 0 radical (unpaired) electrons. The second-order valence-corrected chi connectivity index (χ2v) is 3.19. The summed E-state index contributed by atoms with van der Waals surface area (Å²) in [6.07, 6.45) is 4.95. The number of rotatable bonds is 3. The average molecular weight is 180 g/mol. The molecule has 0 saturated heterocycles. The van der Waals surface area contributed by atoms with E-state index in [0.717, 1.165) is 0 Å². The van der Waals surface area contributed by atoms with Crippen molar-refractivity contribution in [2.75, 3.05) is 6.61 Å². The van der Waals surface area contributed by atoms with Crippen LogP contribution < -0.4 is 0 Å². The predicted octanol–water partition coefficient (Wildman–Crippen LogP) is 1.36. The summed E-state index contributed by atoms with van der Waals surface area (Å²) in [6.45, 7) is 0.0709. The Morgan fingerprint density at radius 1 is 1.42 bits per heavy atom. The lowest BCUT2D eigenvalue weighted by molar-refractivity contribution is 0.402. The zero-order chi connectivity index (χ0) is 8.81. The van der Waals surface area contributed by atoms with Gasteiger partial charge in [0.25, 0.3) is 0 Å². The fourth-order valence-electron chi connectivity index (χ4n) is 0.687. The summed E-state index contributed by atoms with van der Waals surface area (Å²) in [5.74, 6) is 2.25. The molecule has 1 aromatic carbocycles. The van der Waals surface area contributed by atoms with E-state index in [1.165, 1.54) is 0 Å². The van der Waals surface area contributed by atoms with E-state index < -0.39 is 11.1 Å². The maximum atomic E-state index is 11.2. The molecule has 3 heteroatoms. The van der Waals surface area contributed by atoms with Crippen molar-refractivity contribution in [3.63, 3.8) is 0 Å². The average Bonchev–Trinajstić information content (AvgIpc) is 2.15. The van der Waals surface area contributed by atoms with E-state index in [2.05, 4.69) is 5.92 Å². The third-order valence-electron chi connectivity index (χ3n) is 1.18. The topological polar surface area (TPSA) is 26.3 Å². The molecule has 1 aromatic rings. The number of hydrogen-bond acceptors (Lipinski definition) is 2. The van der Waals surface area contributed by atoms with Crippen LogP contribution in [0.1, 0.15) is 0 Å². The molecule has 0 bridgehead atoms. The molecule has 2 nitrogen and oxygen atoms in total. The molecule has 1 atom stereocenters. The van der Waals surface area contributed by atoms with Gasteiger partial charge in [-0.3, -0.25) is 4.18 Å². The SMILES string of the molecule is C#CCOS(=O)c1ccccc1. The van der Waals surface area contributed by atoms with Gasteiger partial charge in [-0.2, -0.15) is 0 Å². The van der Waals surface area contributed by atoms with E-state index in [4.69, 9.17) is 10.6 Å². The lowest BCUT2D eigenvalue weighted by atomic mass is 10.4. The van der Waals surface area contributed by atoms with Crippen molar-refractivity contribution in [3.8, 4) is 12.3 Å². The van der Waals surface area contributed by atoms with Gasteiger partial charge in [0.15, 0.2) is 11.1 Å². The van der Waals surface area contributed by atoms with Crippen molar-refractivity contribution >= 4 is 11.1 Å². The van der Waals surface area contributed by atoms with Crippen molar-refractivity contribution < 1.29 is 8.39 Å². The summed E-state index contributed by atoms with van der Waals surface area (Å²) in [7, 11) is 0. The Morgan fingerprint density at radius 3 is 2.67 bits per heavy atom. The summed E-state index contributed by atoms with van der Waals surface area (Å²) in [6, 6.07) is 8.90. The first kappa shape index (κ1) is 8.98. The van der Waals surface area contributed by atoms with E-state index >= 15 is 0 Å². The lowest BCUT2D eigenvalue weighted by Crippen LogP contribution is -1.97. The quantitative estimate of drug-likeness (QED) is 0.656. The van der Waals surface area contributed by atoms with Crippen molar-refractivity contribution in [3.05, 3.63) is 30.3 Å². The van der Waals surface area contributed by atoms with Gasteiger partial charge in [-0.25, -0.2) is 4.21 Å². The van der Waals surface area contributed by atoms with Crippen LogP contribution in [0.25, 0.3) is 0 Å². The molecule has 1 rings (SSSR count). The number of hydrogen-bond donors (Lipinski definition) is 0. The first-order valence-electron chi connectivity index (χ1n) is 3.38. The molecule has 0 aliphatic heterocycles.